The molecule has 1 heterocycles. The summed E-state index contributed by atoms with van der Waals surface area (Å²) in [4.78, 5) is 10.7. The van der Waals surface area contributed by atoms with Crippen molar-refractivity contribution >= 4 is 5.91 Å². The summed E-state index contributed by atoms with van der Waals surface area (Å²) in [6.45, 7) is 0. The summed E-state index contributed by atoms with van der Waals surface area (Å²) in [5, 5.41) is 7.43. The van der Waals surface area contributed by atoms with E-state index in [1.807, 2.05) is 0 Å². The van der Waals surface area contributed by atoms with Crippen LogP contribution >= 0.6 is 0 Å². The standard InChI is InChI=1S/C7H11N5O/c8-4-1-2-6(4)12-3-5(7(9)13)10-11-12/h3-4,6H,1-2,8H2,(H2,9,13). The number of carbonyl (C=O) groups excluding carboxylic acids is 1. The molecule has 0 aromatic carbocycles. The van der Waals surface area contributed by atoms with Gasteiger partial charge in [0.15, 0.2) is 5.69 Å². The zero-order chi connectivity index (χ0) is 9.42. The number of aromatic nitrogens is 3. The van der Waals surface area contributed by atoms with E-state index in [1.165, 1.54) is 0 Å². The highest BCUT2D eigenvalue weighted by molar-refractivity contribution is 5.90. The van der Waals surface area contributed by atoms with Gasteiger partial charge in [-0.1, -0.05) is 5.21 Å². The molecule has 0 aliphatic heterocycles. The summed E-state index contributed by atoms with van der Waals surface area (Å²) in [5.41, 5.74) is 11.0. The molecule has 1 fully saturated rings. The van der Waals surface area contributed by atoms with Gasteiger partial charge in [0.05, 0.1) is 12.2 Å². The number of rotatable bonds is 2. The molecular formula is C7H11N5O. The molecule has 70 valence electrons. The molecule has 0 saturated heterocycles. The van der Waals surface area contributed by atoms with Crippen molar-refractivity contribution in [3.05, 3.63) is 11.9 Å². The van der Waals surface area contributed by atoms with Crippen molar-refractivity contribution in [2.75, 3.05) is 0 Å². The van der Waals surface area contributed by atoms with Gasteiger partial charge in [0.2, 0.25) is 0 Å². The Morgan fingerprint density at radius 2 is 2.38 bits per heavy atom. The second-order valence-corrected chi connectivity index (χ2v) is 3.26. The SMILES string of the molecule is NC(=O)c1cn(C2CCC2N)nn1. The zero-order valence-electron chi connectivity index (χ0n) is 7.05. The molecule has 1 aromatic heterocycles. The van der Waals surface area contributed by atoms with Gasteiger partial charge in [-0.2, -0.15) is 0 Å². The van der Waals surface area contributed by atoms with Crippen LogP contribution in [0.4, 0.5) is 0 Å². The van der Waals surface area contributed by atoms with Crippen LogP contribution in [0.1, 0.15) is 29.4 Å². The van der Waals surface area contributed by atoms with E-state index >= 15 is 0 Å². The van der Waals surface area contributed by atoms with Crippen LogP contribution in [0.15, 0.2) is 6.20 Å². The molecule has 0 bridgehead atoms. The number of carbonyl (C=O) groups is 1. The summed E-state index contributed by atoms with van der Waals surface area (Å²) in [5.74, 6) is -0.556. The van der Waals surface area contributed by atoms with Crippen LogP contribution in [0.5, 0.6) is 0 Å². The molecule has 4 N–H and O–H groups in total. The smallest absolute Gasteiger partial charge is 0.270 e. The van der Waals surface area contributed by atoms with Gasteiger partial charge in [0.25, 0.3) is 5.91 Å². The van der Waals surface area contributed by atoms with Crippen LogP contribution < -0.4 is 11.5 Å². The Kier molecular flexibility index (Phi) is 1.77. The summed E-state index contributed by atoms with van der Waals surface area (Å²) in [6, 6.07) is 0.308. The van der Waals surface area contributed by atoms with E-state index in [-0.39, 0.29) is 17.8 Å². The molecule has 13 heavy (non-hydrogen) atoms. The minimum atomic E-state index is -0.556. The maximum absolute atomic E-state index is 10.7. The normalized spacial score (nSPS) is 26.8. The number of amides is 1. The average Bonchev–Trinajstić information content (AvgIpc) is 2.50. The van der Waals surface area contributed by atoms with Gasteiger partial charge in [0.1, 0.15) is 0 Å². The summed E-state index contributed by atoms with van der Waals surface area (Å²) in [6.07, 6.45) is 3.53. The predicted molar refractivity (Wildman–Crippen MR) is 44.8 cm³/mol. The van der Waals surface area contributed by atoms with Gasteiger partial charge in [-0.25, -0.2) is 4.68 Å². The maximum Gasteiger partial charge on any atom is 0.270 e. The number of nitrogens with two attached hydrogens (primary N) is 2. The van der Waals surface area contributed by atoms with Gasteiger partial charge < -0.3 is 11.5 Å². The van der Waals surface area contributed by atoms with Crippen molar-refractivity contribution < 1.29 is 4.79 Å². The third-order valence-corrected chi connectivity index (χ3v) is 2.39. The lowest BCUT2D eigenvalue weighted by atomic mass is 9.87. The van der Waals surface area contributed by atoms with E-state index in [0.717, 1.165) is 12.8 Å². The van der Waals surface area contributed by atoms with E-state index in [1.54, 1.807) is 10.9 Å². The third-order valence-electron chi connectivity index (χ3n) is 2.39. The summed E-state index contributed by atoms with van der Waals surface area (Å²) < 4.78 is 1.62. The minimum absolute atomic E-state index is 0.127. The molecule has 0 spiro atoms. The zero-order valence-corrected chi connectivity index (χ0v) is 7.05. The average molecular weight is 181 g/mol. The molecule has 2 atom stereocenters. The Morgan fingerprint density at radius 1 is 1.62 bits per heavy atom. The van der Waals surface area contributed by atoms with Crippen LogP contribution in [-0.2, 0) is 0 Å². The van der Waals surface area contributed by atoms with E-state index < -0.39 is 5.91 Å². The van der Waals surface area contributed by atoms with Crippen molar-refractivity contribution in [3.8, 4) is 0 Å². The lowest BCUT2D eigenvalue weighted by Crippen LogP contribution is -2.41. The first-order chi connectivity index (χ1) is 6.18. The van der Waals surface area contributed by atoms with E-state index in [2.05, 4.69) is 10.3 Å². The molecule has 1 aliphatic rings. The van der Waals surface area contributed by atoms with Crippen LogP contribution in [-0.4, -0.2) is 26.9 Å². The topological polar surface area (TPSA) is 99.8 Å². The quantitative estimate of drug-likeness (QED) is 0.613. The molecule has 0 radical (unpaired) electrons. The Hall–Kier alpha value is -1.43. The fourth-order valence-corrected chi connectivity index (χ4v) is 1.39. The molecule has 6 heteroatoms. The fourth-order valence-electron chi connectivity index (χ4n) is 1.39. The van der Waals surface area contributed by atoms with Gasteiger partial charge in [-0.3, -0.25) is 4.79 Å². The molecule has 2 unspecified atom stereocenters. The summed E-state index contributed by atoms with van der Waals surface area (Å²) in [7, 11) is 0. The molecular weight excluding hydrogens is 170 g/mol. The van der Waals surface area contributed by atoms with Crippen molar-refractivity contribution in [2.45, 2.75) is 24.9 Å². The van der Waals surface area contributed by atoms with Crippen LogP contribution in [0, 0.1) is 0 Å². The number of nitrogens with zero attached hydrogens (tertiary/aromatic N) is 3. The maximum atomic E-state index is 10.7. The first-order valence-electron chi connectivity index (χ1n) is 4.15. The Morgan fingerprint density at radius 3 is 2.77 bits per heavy atom. The van der Waals surface area contributed by atoms with Crippen molar-refractivity contribution in [2.24, 2.45) is 11.5 Å². The van der Waals surface area contributed by atoms with Crippen molar-refractivity contribution in [3.63, 3.8) is 0 Å². The van der Waals surface area contributed by atoms with E-state index in [4.69, 9.17) is 11.5 Å². The lowest BCUT2D eigenvalue weighted by Gasteiger charge is -2.32. The third kappa shape index (κ3) is 1.29. The molecule has 1 aliphatic carbocycles. The Bertz CT molecular complexity index is 333. The fraction of sp³-hybridized carbons (Fsp3) is 0.571. The molecule has 2 rings (SSSR count). The van der Waals surface area contributed by atoms with Crippen molar-refractivity contribution in [1.82, 2.24) is 15.0 Å². The second kappa shape index (κ2) is 2.81. The van der Waals surface area contributed by atoms with E-state index in [0.29, 0.717) is 0 Å². The van der Waals surface area contributed by atoms with Gasteiger partial charge >= 0.3 is 0 Å². The molecule has 1 amide bonds. The van der Waals surface area contributed by atoms with E-state index in [9.17, 15) is 4.79 Å². The Balaban J connectivity index is 2.17. The predicted octanol–water partition coefficient (Wildman–Crippen LogP) is -0.961. The highest BCUT2D eigenvalue weighted by atomic mass is 16.1. The van der Waals surface area contributed by atoms with Crippen molar-refractivity contribution in [1.29, 1.82) is 0 Å². The molecule has 6 nitrogen and oxygen atoms in total. The van der Waals surface area contributed by atoms with Gasteiger partial charge in [-0.15, -0.1) is 5.10 Å². The number of hydrogen-bond donors (Lipinski definition) is 2. The van der Waals surface area contributed by atoms with Gasteiger partial charge in [-0.05, 0) is 12.8 Å². The number of primary amides is 1. The first kappa shape index (κ1) is 8.18. The minimum Gasteiger partial charge on any atom is -0.364 e. The monoisotopic (exact) mass is 181 g/mol. The van der Waals surface area contributed by atoms with Gasteiger partial charge in [0, 0.05) is 6.04 Å². The number of hydrogen-bond acceptors (Lipinski definition) is 4. The lowest BCUT2D eigenvalue weighted by molar-refractivity contribution is 0.0995. The van der Waals surface area contributed by atoms with Crippen LogP contribution in [0.3, 0.4) is 0 Å². The highest BCUT2D eigenvalue weighted by Gasteiger charge is 2.30. The highest BCUT2D eigenvalue weighted by Crippen LogP contribution is 2.29. The summed E-state index contributed by atoms with van der Waals surface area (Å²) >= 11 is 0. The van der Waals surface area contributed by atoms with Crippen LogP contribution in [0.2, 0.25) is 0 Å². The molecule has 1 saturated carbocycles. The Labute approximate surface area is 74.9 Å². The largest absolute Gasteiger partial charge is 0.364 e. The molecule has 1 aromatic rings. The first-order valence-corrected chi connectivity index (χ1v) is 4.15. The van der Waals surface area contributed by atoms with Crippen LogP contribution in [0.25, 0.3) is 0 Å². The second-order valence-electron chi connectivity index (χ2n) is 3.26.